The molecule has 2 aliphatic rings. The average Bonchev–Trinajstić information content (AvgIpc) is 3.31. The molecule has 8 nitrogen and oxygen atoms in total. The highest BCUT2D eigenvalue weighted by Gasteiger charge is 2.36. The van der Waals surface area contributed by atoms with Crippen LogP contribution in [0, 0.1) is 5.82 Å². The van der Waals surface area contributed by atoms with Gasteiger partial charge in [-0.05, 0) is 32.9 Å². The number of nitrogens with one attached hydrogen (secondary N) is 1. The fraction of sp³-hybridized carbons (Fsp3) is 0.464. The maximum atomic E-state index is 14.9. The molecule has 0 radical (unpaired) electrons. The van der Waals surface area contributed by atoms with Crippen molar-refractivity contribution in [3.8, 4) is 0 Å². The van der Waals surface area contributed by atoms with Gasteiger partial charge in [-0.25, -0.2) is 14.2 Å². The third-order valence-corrected chi connectivity index (χ3v) is 6.83. The minimum Gasteiger partial charge on any atom is -0.379 e. The number of hydrogen-bond acceptors (Lipinski definition) is 5. The quantitative estimate of drug-likeness (QED) is 0.565. The molecule has 38 heavy (non-hydrogen) atoms. The number of amides is 3. The molecule has 1 atom stereocenters. The molecule has 0 aliphatic carbocycles. The lowest BCUT2D eigenvalue weighted by molar-refractivity contribution is -0.133. The van der Waals surface area contributed by atoms with Crippen molar-refractivity contribution in [1.82, 2.24) is 20.1 Å². The lowest BCUT2D eigenvalue weighted by Gasteiger charge is -2.32. The number of rotatable bonds is 7. The lowest BCUT2D eigenvalue weighted by atomic mass is 9.98. The van der Waals surface area contributed by atoms with Crippen LogP contribution in [0.1, 0.15) is 44.4 Å². The maximum absolute atomic E-state index is 14.9. The Hall–Kier alpha value is -3.01. The van der Waals surface area contributed by atoms with E-state index in [0.717, 1.165) is 13.1 Å². The molecular formula is C28H35ClFN5O3. The third kappa shape index (κ3) is 7.09. The van der Waals surface area contributed by atoms with Crippen molar-refractivity contribution in [2.24, 2.45) is 5.10 Å². The molecule has 204 valence electrons. The largest absolute Gasteiger partial charge is 0.379 e. The van der Waals surface area contributed by atoms with Gasteiger partial charge in [-0.15, -0.1) is 0 Å². The van der Waals surface area contributed by atoms with E-state index < -0.39 is 23.3 Å². The summed E-state index contributed by atoms with van der Waals surface area (Å²) in [6, 6.07) is 12.6. The Morgan fingerprint density at radius 3 is 2.50 bits per heavy atom. The Morgan fingerprint density at radius 2 is 1.82 bits per heavy atom. The third-order valence-electron chi connectivity index (χ3n) is 6.50. The molecule has 0 unspecified atom stereocenters. The highest BCUT2D eigenvalue weighted by Crippen LogP contribution is 2.35. The first kappa shape index (κ1) is 28.0. The monoisotopic (exact) mass is 543 g/mol. The van der Waals surface area contributed by atoms with Crippen LogP contribution in [0.3, 0.4) is 0 Å². The van der Waals surface area contributed by atoms with Crippen LogP contribution in [0.15, 0.2) is 53.6 Å². The average molecular weight is 544 g/mol. The molecule has 2 aromatic rings. The SMILES string of the molecule is CC(C)(C)NC(=O)N(CCN1CCOCC1)CC(=O)N1N=C(c2ccccc2Cl)C[C@@H]1c1ccccc1F. The van der Waals surface area contributed by atoms with Gasteiger partial charge in [0.05, 0.1) is 25.0 Å². The van der Waals surface area contributed by atoms with Gasteiger partial charge in [0.25, 0.3) is 5.91 Å². The van der Waals surface area contributed by atoms with E-state index >= 15 is 0 Å². The number of carbonyl (C=O) groups excluding carboxylic acids is 2. The number of hydrazone groups is 1. The first-order valence-electron chi connectivity index (χ1n) is 12.9. The second-order valence-corrected chi connectivity index (χ2v) is 11.0. The molecule has 1 N–H and O–H groups in total. The fourth-order valence-corrected chi connectivity index (χ4v) is 4.81. The fourth-order valence-electron chi connectivity index (χ4n) is 4.56. The lowest BCUT2D eigenvalue weighted by Crippen LogP contribution is -2.53. The molecular weight excluding hydrogens is 509 g/mol. The van der Waals surface area contributed by atoms with Crippen molar-refractivity contribution in [3.05, 3.63) is 70.5 Å². The van der Waals surface area contributed by atoms with Crippen LogP contribution in [0.25, 0.3) is 0 Å². The van der Waals surface area contributed by atoms with E-state index in [4.69, 9.17) is 16.3 Å². The Kier molecular flexibility index (Phi) is 9.02. The van der Waals surface area contributed by atoms with E-state index in [0.29, 0.717) is 54.6 Å². The predicted molar refractivity (Wildman–Crippen MR) is 146 cm³/mol. The van der Waals surface area contributed by atoms with Crippen LogP contribution in [0.5, 0.6) is 0 Å². The summed E-state index contributed by atoms with van der Waals surface area (Å²) in [5.74, 6) is -0.813. The van der Waals surface area contributed by atoms with Gasteiger partial charge in [-0.3, -0.25) is 9.69 Å². The molecule has 10 heteroatoms. The van der Waals surface area contributed by atoms with Crippen LogP contribution in [0.2, 0.25) is 5.02 Å². The van der Waals surface area contributed by atoms with Crippen molar-refractivity contribution < 1.29 is 18.7 Å². The Bertz CT molecular complexity index is 1180. The number of halogens is 2. The molecule has 0 saturated carbocycles. The molecule has 0 aromatic heterocycles. The van der Waals surface area contributed by atoms with E-state index in [2.05, 4.69) is 15.3 Å². The normalized spacial score (nSPS) is 18.3. The molecule has 0 spiro atoms. The topological polar surface area (TPSA) is 77.5 Å². The van der Waals surface area contributed by atoms with E-state index in [1.54, 1.807) is 24.3 Å². The summed E-state index contributed by atoms with van der Waals surface area (Å²) < 4.78 is 20.3. The maximum Gasteiger partial charge on any atom is 0.318 e. The summed E-state index contributed by atoms with van der Waals surface area (Å²) in [5.41, 5.74) is 1.18. The number of hydrogen-bond donors (Lipinski definition) is 1. The molecule has 2 aromatic carbocycles. The van der Waals surface area contributed by atoms with Gasteiger partial charge < -0.3 is 15.0 Å². The van der Waals surface area contributed by atoms with Crippen molar-refractivity contribution in [2.75, 3.05) is 45.9 Å². The highest BCUT2D eigenvalue weighted by molar-refractivity contribution is 6.34. The molecule has 2 aliphatic heterocycles. The Labute approximate surface area is 228 Å². The first-order valence-corrected chi connectivity index (χ1v) is 13.3. The Morgan fingerprint density at radius 1 is 1.13 bits per heavy atom. The summed E-state index contributed by atoms with van der Waals surface area (Å²) in [4.78, 5) is 30.7. The smallest absolute Gasteiger partial charge is 0.318 e. The summed E-state index contributed by atoms with van der Waals surface area (Å²) >= 11 is 6.43. The van der Waals surface area contributed by atoms with Gasteiger partial charge >= 0.3 is 6.03 Å². The van der Waals surface area contributed by atoms with Gasteiger partial charge in [-0.2, -0.15) is 5.10 Å². The molecule has 2 heterocycles. The van der Waals surface area contributed by atoms with Crippen molar-refractivity contribution in [1.29, 1.82) is 0 Å². The van der Waals surface area contributed by atoms with Crippen LogP contribution in [0.4, 0.5) is 9.18 Å². The number of urea groups is 1. The summed E-state index contributed by atoms with van der Waals surface area (Å²) in [6.07, 6.45) is 0.304. The summed E-state index contributed by atoms with van der Waals surface area (Å²) in [6.45, 7) is 9.27. The first-order chi connectivity index (χ1) is 18.1. The second kappa shape index (κ2) is 12.2. The zero-order valence-corrected chi connectivity index (χ0v) is 22.9. The van der Waals surface area contributed by atoms with Gasteiger partial charge in [-0.1, -0.05) is 48.0 Å². The zero-order chi connectivity index (χ0) is 27.3. The number of carbonyl (C=O) groups is 2. The van der Waals surface area contributed by atoms with Gasteiger partial charge in [0.15, 0.2) is 0 Å². The summed E-state index contributed by atoms with van der Waals surface area (Å²) in [7, 11) is 0. The zero-order valence-electron chi connectivity index (χ0n) is 22.1. The number of nitrogens with zero attached hydrogens (tertiary/aromatic N) is 4. The minimum atomic E-state index is -0.651. The van der Waals surface area contributed by atoms with Crippen LogP contribution in [-0.2, 0) is 9.53 Å². The van der Waals surface area contributed by atoms with Crippen LogP contribution in [-0.4, -0.2) is 83.9 Å². The van der Waals surface area contributed by atoms with E-state index in [9.17, 15) is 14.0 Å². The van der Waals surface area contributed by atoms with Crippen molar-refractivity contribution >= 4 is 29.3 Å². The van der Waals surface area contributed by atoms with Crippen molar-refractivity contribution in [3.63, 3.8) is 0 Å². The number of benzene rings is 2. The van der Waals surface area contributed by atoms with Crippen LogP contribution < -0.4 is 5.32 Å². The minimum absolute atomic E-state index is 0.198. The van der Waals surface area contributed by atoms with E-state index in [1.807, 2.05) is 39.0 Å². The van der Waals surface area contributed by atoms with E-state index in [-0.39, 0.29) is 12.6 Å². The van der Waals surface area contributed by atoms with Crippen LogP contribution >= 0.6 is 11.6 Å². The Balaban J connectivity index is 1.59. The summed E-state index contributed by atoms with van der Waals surface area (Å²) in [5, 5.41) is 9.39. The number of ether oxygens (including phenoxy) is 1. The molecule has 3 amide bonds. The molecule has 1 saturated heterocycles. The van der Waals surface area contributed by atoms with Crippen molar-refractivity contribution in [2.45, 2.75) is 38.8 Å². The predicted octanol–water partition coefficient (Wildman–Crippen LogP) is 4.30. The standard InChI is InChI=1S/C28H35ClFN5O3/c1-28(2,3)31-27(37)34(13-12-33-14-16-38-17-15-33)19-26(36)35-25(21-9-5-7-11-23(21)30)18-24(32-35)20-8-4-6-10-22(20)29/h4-11,25H,12-19H2,1-3H3,(H,31,37)/t25-/m1/s1. The second-order valence-electron chi connectivity index (χ2n) is 10.6. The molecule has 4 rings (SSSR count). The highest BCUT2D eigenvalue weighted by atomic mass is 35.5. The van der Waals surface area contributed by atoms with Gasteiger partial charge in [0.1, 0.15) is 12.4 Å². The molecule has 0 bridgehead atoms. The van der Waals surface area contributed by atoms with Gasteiger partial charge in [0.2, 0.25) is 0 Å². The number of morpholine rings is 1. The van der Waals surface area contributed by atoms with Gasteiger partial charge in [0, 0.05) is 54.3 Å². The van der Waals surface area contributed by atoms with E-state index in [1.165, 1.54) is 16.0 Å². The molecule has 1 fully saturated rings.